The van der Waals surface area contributed by atoms with Crippen LogP contribution in [0.3, 0.4) is 0 Å². The number of nitrogens with one attached hydrogen (secondary N) is 1. The van der Waals surface area contributed by atoms with Crippen LogP contribution in [0.1, 0.15) is 25.2 Å². The molecule has 0 bridgehead atoms. The number of hydrogen-bond acceptors (Lipinski definition) is 2. The Labute approximate surface area is 138 Å². The number of fused-ring (bicyclic) bond motifs is 1. The molecule has 0 radical (unpaired) electrons. The van der Waals surface area contributed by atoms with Crippen molar-refractivity contribution in [1.82, 2.24) is 14.9 Å². The maximum atomic E-state index is 4.47. The summed E-state index contributed by atoms with van der Waals surface area (Å²) in [7, 11) is 1.84. The van der Waals surface area contributed by atoms with E-state index in [1.807, 2.05) is 19.4 Å². The predicted molar refractivity (Wildman–Crippen MR) is 94.8 cm³/mol. The molecule has 1 aromatic heterocycles. The van der Waals surface area contributed by atoms with Crippen molar-refractivity contribution in [1.29, 1.82) is 0 Å². The van der Waals surface area contributed by atoms with Crippen molar-refractivity contribution in [2.75, 3.05) is 18.5 Å². The molecule has 5 nitrogen and oxygen atoms in total. The highest BCUT2D eigenvalue weighted by Crippen LogP contribution is 2.27. The Morgan fingerprint density at radius 1 is 1.35 bits per heavy atom. The molecule has 1 N–H and O–H groups in total. The van der Waals surface area contributed by atoms with Crippen LogP contribution in [-0.2, 0) is 19.5 Å². The minimum absolute atomic E-state index is 0.604. The molecule has 0 atom stereocenters. The molecule has 0 amide bonds. The summed E-state index contributed by atoms with van der Waals surface area (Å²) in [6.07, 6.45) is 4.98. The normalized spacial score (nSPS) is 14.4. The van der Waals surface area contributed by atoms with Crippen LogP contribution in [0.15, 0.2) is 41.7 Å². The molecule has 23 heavy (non-hydrogen) atoms. The first-order valence-corrected chi connectivity index (χ1v) is 8.25. The van der Waals surface area contributed by atoms with Gasteiger partial charge in [0.15, 0.2) is 5.96 Å². The third kappa shape index (κ3) is 3.38. The van der Waals surface area contributed by atoms with Crippen LogP contribution in [0.25, 0.3) is 0 Å². The first-order chi connectivity index (χ1) is 11.2. The van der Waals surface area contributed by atoms with Crippen LogP contribution in [0.2, 0.25) is 0 Å². The number of hydrogen-bond donors (Lipinski definition) is 1. The van der Waals surface area contributed by atoms with Crippen LogP contribution in [-0.4, -0.2) is 29.1 Å². The number of para-hydroxylation sites is 1. The average Bonchev–Trinajstić information content (AvgIpc) is 3.15. The number of aliphatic imine (C=N–C) groups is 1. The fourth-order valence-electron chi connectivity index (χ4n) is 3.08. The minimum Gasteiger partial charge on any atom is -0.349 e. The van der Waals surface area contributed by atoms with Crippen molar-refractivity contribution >= 4 is 11.6 Å². The lowest BCUT2D eigenvalue weighted by atomic mass is 10.2. The summed E-state index contributed by atoms with van der Waals surface area (Å²) in [5.41, 5.74) is 2.64. The van der Waals surface area contributed by atoms with E-state index in [1.165, 1.54) is 11.3 Å². The quantitative estimate of drug-likeness (QED) is 0.697. The predicted octanol–water partition coefficient (Wildman–Crippen LogP) is 2.68. The summed E-state index contributed by atoms with van der Waals surface area (Å²) in [5, 5.41) is 3.46. The molecule has 1 aliphatic heterocycles. The second-order valence-electron chi connectivity index (χ2n) is 6.32. The van der Waals surface area contributed by atoms with Gasteiger partial charge in [-0.3, -0.25) is 4.99 Å². The van der Waals surface area contributed by atoms with E-state index in [2.05, 4.69) is 62.9 Å². The van der Waals surface area contributed by atoms with Gasteiger partial charge in [0, 0.05) is 38.2 Å². The third-order valence-electron chi connectivity index (χ3n) is 4.12. The molecule has 0 spiro atoms. The number of aromatic nitrogens is 2. The molecule has 2 aromatic rings. The van der Waals surface area contributed by atoms with E-state index in [0.717, 1.165) is 31.3 Å². The molecule has 122 valence electrons. The number of guanidine groups is 1. The van der Waals surface area contributed by atoms with Crippen molar-refractivity contribution in [3.63, 3.8) is 0 Å². The zero-order valence-corrected chi connectivity index (χ0v) is 14.2. The number of rotatable bonds is 4. The van der Waals surface area contributed by atoms with Gasteiger partial charge in [-0.2, -0.15) is 0 Å². The summed E-state index contributed by atoms with van der Waals surface area (Å²) in [5.74, 6) is 2.56. The van der Waals surface area contributed by atoms with Crippen molar-refractivity contribution in [3.05, 3.63) is 48.0 Å². The van der Waals surface area contributed by atoms with Gasteiger partial charge < -0.3 is 14.8 Å². The topological polar surface area (TPSA) is 45.5 Å². The first kappa shape index (κ1) is 15.6. The highest BCUT2D eigenvalue weighted by Gasteiger charge is 2.22. The zero-order chi connectivity index (χ0) is 16.2. The lowest BCUT2D eigenvalue weighted by Crippen LogP contribution is -2.40. The van der Waals surface area contributed by atoms with E-state index in [-0.39, 0.29) is 0 Å². The molecule has 2 heterocycles. The highest BCUT2D eigenvalue weighted by atomic mass is 15.3. The number of anilines is 1. The standard InChI is InChI=1S/C18H25N5/c1-14(2)13-22-11-9-20-17(22)12-21-18(19-3)23-10-8-15-6-4-5-7-16(15)23/h4-7,9,11,14H,8,10,12-13H2,1-3H3,(H,19,21). The molecule has 1 aliphatic rings. The number of benzene rings is 1. The molecule has 0 unspecified atom stereocenters. The Hall–Kier alpha value is -2.30. The fourth-order valence-corrected chi connectivity index (χ4v) is 3.08. The van der Waals surface area contributed by atoms with Crippen molar-refractivity contribution in [3.8, 4) is 0 Å². The summed E-state index contributed by atoms with van der Waals surface area (Å²) in [4.78, 5) is 11.2. The molecule has 0 aliphatic carbocycles. The smallest absolute Gasteiger partial charge is 0.198 e. The maximum Gasteiger partial charge on any atom is 0.198 e. The largest absolute Gasteiger partial charge is 0.349 e. The molecule has 1 aromatic carbocycles. The summed E-state index contributed by atoms with van der Waals surface area (Å²) in [6.45, 7) is 7.08. The van der Waals surface area contributed by atoms with Gasteiger partial charge in [0.2, 0.25) is 0 Å². The van der Waals surface area contributed by atoms with Crippen LogP contribution in [0.4, 0.5) is 5.69 Å². The zero-order valence-electron chi connectivity index (χ0n) is 14.2. The molecule has 3 rings (SSSR count). The van der Waals surface area contributed by atoms with E-state index in [9.17, 15) is 0 Å². The highest BCUT2D eigenvalue weighted by molar-refractivity contribution is 5.97. The van der Waals surface area contributed by atoms with Gasteiger partial charge in [0.05, 0.1) is 6.54 Å². The van der Waals surface area contributed by atoms with Gasteiger partial charge in [-0.25, -0.2) is 4.98 Å². The van der Waals surface area contributed by atoms with Gasteiger partial charge in [0.1, 0.15) is 5.82 Å². The molecule has 5 heteroatoms. The van der Waals surface area contributed by atoms with Crippen LogP contribution >= 0.6 is 0 Å². The molecule has 0 saturated carbocycles. The van der Waals surface area contributed by atoms with Crippen molar-refractivity contribution in [2.24, 2.45) is 10.9 Å². The van der Waals surface area contributed by atoms with E-state index < -0.39 is 0 Å². The van der Waals surface area contributed by atoms with E-state index in [0.29, 0.717) is 12.5 Å². The van der Waals surface area contributed by atoms with Gasteiger partial charge in [-0.15, -0.1) is 0 Å². The van der Waals surface area contributed by atoms with E-state index in [1.54, 1.807) is 0 Å². The Morgan fingerprint density at radius 3 is 2.96 bits per heavy atom. The Balaban J connectivity index is 1.69. The Bertz CT molecular complexity index is 686. The van der Waals surface area contributed by atoms with Gasteiger partial charge in [0.25, 0.3) is 0 Å². The Kier molecular flexibility index (Phi) is 4.65. The number of nitrogens with zero attached hydrogens (tertiary/aromatic N) is 4. The Morgan fingerprint density at radius 2 is 2.17 bits per heavy atom. The molecule has 0 saturated heterocycles. The molecule has 0 fully saturated rings. The lowest BCUT2D eigenvalue weighted by Gasteiger charge is -2.22. The summed E-state index contributed by atoms with van der Waals surface area (Å²) < 4.78 is 2.21. The van der Waals surface area contributed by atoms with Crippen LogP contribution in [0.5, 0.6) is 0 Å². The van der Waals surface area contributed by atoms with Gasteiger partial charge in [-0.05, 0) is 24.0 Å². The maximum absolute atomic E-state index is 4.47. The molecular weight excluding hydrogens is 286 g/mol. The van der Waals surface area contributed by atoms with Gasteiger partial charge in [-0.1, -0.05) is 32.0 Å². The monoisotopic (exact) mass is 311 g/mol. The second kappa shape index (κ2) is 6.86. The fraction of sp³-hybridized carbons (Fsp3) is 0.444. The minimum atomic E-state index is 0.604. The lowest BCUT2D eigenvalue weighted by molar-refractivity contribution is 0.504. The van der Waals surface area contributed by atoms with Crippen LogP contribution < -0.4 is 10.2 Å². The summed E-state index contributed by atoms with van der Waals surface area (Å²) in [6, 6.07) is 8.54. The van der Waals surface area contributed by atoms with Crippen molar-refractivity contribution in [2.45, 2.75) is 33.4 Å². The molecular formula is C18H25N5. The number of imidazole rings is 1. The SMILES string of the molecule is CN=C(NCc1nccn1CC(C)C)N1CCc2ccccc21. The first-order valence-electron chi connectivity index (χ1n) is 8.25. The van der Waals surface area contributed by atoms with E-state index in [4.69, 9.17) is 0 Å². The third-order valence-corrected chi connectivity index (χ3v) is 4.12. The summed E-state index contributed by atoms with van der Waals surface area (Å²) >= 11 is 0. The van der Waals surface area contributed by atoms with Crippen LogP contribution in [0, 0.1) is 5.92 Å². The average molecular weight is 311 g/mol. The van der Waals surface area contributed by atoms with Crippen molar-refractivity contribution < 1.29 is 0 Å². The van der Waals surface area contributed by atoms with E-state index >= 15 is 0 Å². The van der Waals surface area contributed by atoms with Gasteiger partial charge >= 0.3 is 0 Å². The second-order valence-corrected chi connectivity index (χ2v) is 6.32.